The fourth-order valence-electron chi connectivity index (χ4n) is 3.58. The van der Waals surface area contributed by atoms with Crippen molar-refractivity contribution in [2.24, 2.45) is 0 Å². The van der Waals surface area contributed by atoms with E-state index >= 15 is 0 Å². The molecule has 1 aliphatic heterocycles. The molecule has 2 aromatic carbocycles. The fourth-order valence-corrected chi connectivity index (χ4v) is 3.58. The van der Waals surface area contributed by atoms with Crippen molar-refractivity contribution in [2.45, 2.75) is 39.3 Å². The van der Waals surface area contributed by atoms with E-state index in [-0.39, 0.29) is 18.0 Å². The van der Waals surface area contributed by atoms with Crippen LogP contribution in [0.15, 0.2) is 40.9 Å². The SMILES string of the molecule is Cc1ccc(-c2noc(C3CCC(=O)N3Cc3cc(F)ccc3F)n2)c(C)c1. The van der Waals surface area contributed by atoms with Crippen molar-refractivity contribution < 1.29 is 18.1 Å². The van der Waals surface area contributed by atoms with Crippen molar-refractivity contribution in [3.8, 4) is 11.4 Å². The van der Waals surface area contributed by atoms with Gasteiger partial charge in [-0.3, -0.25) is 4.79 Å². The molecule has 0 saturated carbocycles. The van der Waals surface area contributed by atoms with Gasteiger partial charge in [-0.15, -0.1) is 0 Å². The van der Waals surface area contributed by atoms with Gasteiger partial charge in [0.1, 0.15) is 17.7 Å². The minimum absolute atomic E-state index is 0.0473. The lowest BCUT2D eigenvalue weighted by atomic mass is 10.1. The maximum absolute atomic E-state index is 14.0. The number of carbonyl (C=O) groups excluding carboxylic acids is 1. The van der Waals surface area contributed by atoms with Crippen LogP contribution in [0.25, 0.3) is 11.4 Å². The molecule has 1 aliphatic rings. The number of aryl methyl sites for hydroxylation is 2. The van der Waals surface area contributed by atoms with E-state index in [1.807, 2.05) is 32.0 Å². The van der Waals surface area contributed by atoms with Crippen molar-refractivity contribution in [1.82, 2.24) is 15.0 Å². The molecule has 0 aliphatic carbocycles. The Morgan fingerprint density at radius 1 is 1.18 bits per heavy atom. The van der Waals surface area contributed by atoms with E-state index < -0.39 is 17.7 Å². The van der Waals surface area contributed by atoms with Gasteiger partial charge in [-0.05, 0) is 44.0 Å². The lowest BCUT2D eigenvalue weighted by molar-refractivity contribution is -0.130. The van der Waals surface area contributed by atoms with Gasteiger partial charge in [-0.1, -0.05) is 28.9 Å². The molecule has 0 spiro atoms. The third-order valence-electron chi connectivity index (χ3n) is 5.03. The molecule has 0 radical (unpaired) electrons. The highest BCUT2D eigenvalue weighted by Gasteiger charge is 2.36. The van der Waals surface area contributed by atoms with Crippen molar-refractivity contribution in [1.29, 1.82) is 0 Å². The first-order chi connectivity index (χ1) is 13.4. The molecule has 1 saturated heterocycles. The summed E-state index contributed by atoms with van der Waals surface area (Å²) in [5.41, 5.74) is 3.13. The van der Waals surface area contributed by atoms with Gasteiger partial charge in [0.25, 0.3) is 0 Å². The number of hydrogen-bond donors (Lipinski definition) is 0. The predicted molar refractivity (Wildman–Crippen MR) is 98.1 cm³/mol. The van der Waals surface area contributed by atoms with Crippen LogP contribution in [0.2, 0.25) is 0 Å². The molecule has 7 heteroatoms. The van der Waals surface area contributed by atoms with Crippen molar-refractivity contribution >= 4 is 5.91 Å². The van der Waals surface area contributed by atoms with E-state index in [0.717, 1.165) is 34.9 Å². The second-order valence-corrected chi connectivity index (χ2v) is 7.09. The van der Waals surface area contributed by atoms with Gasteiger partial charge in [-0.2, -0.15) is 4.98 Å². The number of aromatic nitrogens is 2. The largest absolute Gasteiger partial charge is 0.337 e. The third-order valence-corrected chi connectivity index (χ3v) is 5.03. The van der Waals surface area contributed by atoms with E-state index in [1.54, 1.807) is 0 Å². The second kappa shape index (κ2) is 7.14. The first-order valence-corrected chi connectivity index (χ1v) is 9.07. The van der Waals surface area contributed by atoms with Gasteiger partial charge in [0.2, 0.25) is 17.6 Å². The standard InChI is InChI=1S/C21H19F2N3O2/c1-12-3-5-16(13(2)9-12)20-24-21(28-25-20)18-7-8-19(27)26(18)11-14-10-15(22)4-6-17(14)23/h3-6,9-10,18H,7-8,11H2,1-2H3. The van der Waals surface area contributed by atoms with Crippen molar-refractivity contribution in [3.63, 3.8) is 0 Å². The van der Waals surface area contributed by atoms with Gasteiger partial charge >= 0.3 is 0 Å². The summed E-state index contributed by atoms with van der Waals surface area (Å²) in [7, 11) is 0. The number of benzene rings is 2. The lowest BCUT2D eigenvalue weighted by Crippen LogP contribution is -2.27. The van der Waals surface area contributed by atoms with Crippen LogP contribution in [0.4, 0.5) is 8.78 Å². The Bertz CT molecular complexity index is 1050. The minimum Gasteiger partial charge on any atom is -0.337 e. The molecule has 0 bridgehead atoms. The summed E-state index contributed by atoms with van der Waals surface area (Å²) in [4.78, 5) is 18.3. The zero-order valence-electron chi connectivity index (χ0n) is 15.6. The predicted octanol–water partition coefficient (Wildman–Crippen LogP) is 4.50. The van der Waals surface area contributed by atoms with Gasteiger partial charge in [0.15, 0.2) is 0 Å². The lowest BCUT2D eigenvalue weighted by Gasteiger charge is -2.22. The van der Waals surface area contributed by atoms with E-state index in [9.17, 15) is 13.6 Å². The Morgan fingerprint density at radius 3 is 2.79 bits per heavy atom. The maximum Gasteiger partial charge on any atom is 0.249 e. The fraction of sp³-hybridized carbons (Fsp3) is 0.286. The van der Waals surface area contributed by atoms with Gasteiger partial charge in [-0.25, -0.2) is 8.78 Å². The molecular formula is C21H19F2N3O2. The summed E-state index contributed by atoms with van der Waals surface area (Å²) in [6.07, 6.45) is 0.785. The van der Waals surface area contributed by atoms with Crippen LogP contribution in [0.5, 0.6) is 0 Å². The Labute approximate surface area is 161 Å². The number of nitrogens with zero attached hydrogens (tertiary/aromatic N) is 3. The van der Waals surface area contributed by atoms with E-state index in [2.05, 4.69) is 10.1 Å². The monoisotopic (exact) mass is 383 g/mol. The number of hydrogen-bond acceptors (Lipinski definition) is 4. The smallest absolute Gasteiger partial charge is 0.249 e. The molecule has 0 N–H and O–H groups in total. The number of rotatable bonds is 4. The van der Waals surface area contributed by atoms with Crippen LogP contribution in [0.3, 0.4) is 0 Å². The molecule has 5 nitrogen and oxygen atoms in total. The Morgan fingerprint density at radius 2 is 2.00 bits per heavy atom. The molecule has 4 rings (SSSR count). The van der Waals surface area contributed by atoms with Gasteiger partial charge < -0.3 is 9.42 Å². The number of halogens is 2. The van der Waals surface area contributed by atoms with Crippen LogP contribution in [0.1, 0.15) is 41.5 Å². The van der Waals surface area contributed by atoms with Crippen LogP contribution in [-0.4, -0.2) is 20.9 Å². The van der Waals surface area contributed by atoms with Crippen molar-refractivity contribution in [2.75, 3.05) is 0 Å². The quantitative estimate of drug-likeness (QED) is 0.666. The highest BCUT2D eigenvalue weighted by molar-refractivity contribution is 5.79. The van der Waals surface area contributed by atoms with Crippen LogP contribution < -0.4 is 0 Å². The second-order valence-electron chi connectivity index (χ2n) is 7.09. The average molecular weight is 383 g/mol. The molecule has 1 atom stereocenters. The first-order valence-electron chi connectivity index (χ1n) is 9.07. The summed E-state index contributed by atoms with van der Waals surface area (Å²) >= 11 is 0. The number of likely N-dealkylation sites (tertiary alicyclic amines) is 1. The summed E-state index contributed by atoms with van der Waals surface area (Å²) in [5.74, 6) is -0.503. The van der Waals surface area contributed by atoms with Gasteiger partial charge in [0, 0.05) is 24.1 Å². The molecule has 2 heterocycles. The molecule has 1 fully saturated rings. The summed E-state index contributed by atoms with van der Waals surface area (Å²) in [6.45, 7) is 3.93. The van der Waals surface area contributed by atoms with Crippen LogP contribution >= 0.6 is 0 Å². The Hall–Kier alpha value is -3.09. The van der Waals surface area contributed by atoms with E-state index in [4.69, 9.17) is 4.52 Å². The average Bonchev–Trinajstić information content (AvgIpc) is 3.26. The highest BCUT2D eigenvalue weighted by Crippen LogP contribution is 2.35. The zero-order valence-corrected chi connectivity index (χ0v) is 15.6. The maximum atomic E-state index is 14.0. The molecule has 144 valence electrons. The minimum atomic E-state index is -0.554. The van der Waals surface area contributed by atoms with Crippen LogP contribution in [-0.2, 0) is 11.3 Å². The molecule has 1 amide bonds. The van der Waals surface area contributed by atoms with Gasteiger partial charge in [0.05, 0.1) is 0 Å². The third kappa shape index (κ3) is 3.40. The Balaban J connectivity index is 1.62. The van der Waals surface area contributed by atoms with Crippen LogP contribution in [0, 0.1) is 25.5 Å². The number of amides is 1. The highest BCUT2D eigenvalue weighted by atomic mass is 19.1. The summed E-state index contributed by atoms with van der Waals surface area (Å²) < 4.78 is 32.9. The molecule has 3 aromatic rings. The van der Waals surface area contributed by atoms with E-state index in [0.29, 0.717) is 24.6 Å². The molecule has 1 unspecified atom stereocenters. The van der Waals surface area contributed by atoms with Crippen molar-refractivity contribution in [3.05, 3.63) is 70.6 Å². The molecule has 28 heavy (non-hydrogen) atoms. The zero-order chi connectivity index (χ0) is 19.8. The molecular weight excluding hydrogens is 364 g/mol. The topological polar surface area (TPSA) is 59.2 Å². The summed E-state index contributed by atoms with van der Waals surface area (Å²) in [5, 5.41) is 4.06. The van der Waals surface area contributed by atoms with E-state index in [1.165, 1.54) is 4.90 Å². The normalized spacial score (nSPS) is 16.8. The number of carbonyl (C=O) groups is 1. The Kier molecular flexibility index (Phi) is 4.66. The molecule has 1 aromatic heterocycles. The summed E-state index contributed by atoms with van der Waals surface area (Å²) in [6, 6.07) is 8.69. The first kappa shape index (κ1) is 18.3.